The number of amides is 3. The van der Waals surface area contributed by atoms with E-state index >= 15 is 0 Å². The van der Waals surface area contributed by atoms with Crippen molar-refractivity contribution in [1.29, 1.82) is 0 Å². The van der Waals surface area contributed by atoms with Crippen LogP contribution in [0.5, 0.6) is 23.0 Å². The number of benzene rings is 2. The molecular formula is C71H96IN5O26S3. The van der Waals surface area contributed by atoms with Crippen LogP contribution in [0.25, 0.3) is 0 Å². The maximum absolute atomic E-state index is 14.6. The molecule has 4 heterocycles. The molecule has 586 valence electrons. The van der Waals surface area contributed by atoms with Crippen LogP contribution in [-0.4, -0.2) is 257 Å². The minimum atomic E-state index is -2.02. The van der Waals surface area contributed by atoms with E-state index in [-0.39, 0.29) is 96.1 Å². The quantitative estimate of drug-likeness (QED) is 0.0118. The molecule has 2 aromatic rings. The summed E-state index contributed by atoms with van der Waals surface area (Å²) in [5.74, 6) is 4.49. The summed E-state index contributed by atoms with van der Waals surface area (Å²) in [4.78, 5) is 86.9. The van der Waals surface area contributed by atoms with E-state index in [1.165, 1.54) is 69.1 Å². The van der Waals surface area contributed by atoms with Gasteiger partial charge in [-0.2, -0.15) is 10.6 Å². The van der Waals surface area contributed by atoms with Crippen molar-refractivity contribution in [1.82, 2.24) is 21.1 Å². The molecule has 19 atom stereocenters. The summed E-state index contributed by atoms with van der Waals surface area (Å²) in [6, 6.07) is 5.29. The second-order valence-electron chi connectivity index (χ2n) is 26.5. The van der Waals surface area contributed by atoms with Gasteiger partial charge >= 0.3 is 12.1 Å². The van der Waals surface area contributed by atoms with Gasteiger partial charge in [-0.05, 0) is 138 Å². The number of Topliss-reactive ketones (excluding diaryl/α,β-unsaturated/α-hetero) is 1. The normalized spacial score (nSPS) is 31.1. The zero-order valence-corrected chi connectivity index (χ0v) is 66.0. The van der Waals surface area contributed by atoms with Crippen molar-refractivity contribution in [3.63, 3.8) is 0 Å². The number of carboxylic acids is 1. The van der Waals surface area contributed by atoms with Gasteiger partial charge in [0.25, 0.3) is 0 Å². The Morgan fingerprint density at radius 3 is 2.23 bits per heavy atom. The molecular weight excluding hydrogens is 1560 g/mol. The number of aliphatic carboxylic acids is 1. The van der Waals surface area contributed by atoms with Gasteiger partial charge in [0, 0.05) is 75.9 Å². The van der Waals surface area contributed by atoms with Crippen LogP contribution in [-0.2, 0) is 66.6 Å². The van der Waals surface area contributed by atoms with Crippen LogP contribution < -0.4 is 35.2 Å². The van der Waals surface area contributed by atoms with Gasteiger partial charge in [-0.15, -0.1) is 0 Å². The second-order valence-corrected chi connectivity index (χ2v) is 31.7. The average Bonchev–Trinajstić information content (AvgIpc) is 0.750. The minimum absolute atomic E-state index is 0.000806. The number of ether oxygens (including phenoxy) is 13. The Hall–Kier alpha value is -5.71. The predicted octanol–water partition coefficient (Wildman–Crippen LogP) is 5.13. The molecule has 0 saturated carbocycles. The SMILES string of the molecule is CCN(C(C)=O)C1COC(OC2C(O[C@H]3C#C/C=C\[C@]4(O)CC(=O)C(NC(=O)OC)=C3/C4=C\CSSC(C)(C)CC(=O)N/N=C(\C)c3ccc(OCCCC(=O)O)cc3)OC(C)C(NOC3CC(O)C(SC(=O)c4c(C)c(I)c(OC5OC(C)C(O)C(OC)C5O)c(OC)c4OC)C(C)O3)C2O)CC1OC. The Morgan fingerprint density at radius 2 is 1.58 bits per heavy atom. The Balaban J connectivity index is 0.996. The lowest BCUT2D eigenvalue weighted by atomic mass is 9.74. The van der Waals surface area contributed by atoms with E-state index in [2.05, 4.69) is 33.2 Å². The summed E-state index contributed by atoms with van der Waals surface area (Å²) >= 11 is 2.78. The molecule has 31 nitrogen and oxygen atoms in total. The van der Waals surface area contributed by atoms with Crippen molar-refractivity contribution in [2.24, 2.45) is 5.10 Å². The molecule has 2 aromatic carbocycles. The standard InChI is InChI=1S/C71H96IN5O26S3/c1-15-77(39(7)78)43-33-96-50(30-47(43)90-10)101-63-58(85)55(76-103-51-29-44(79)65(38(6)97-51)105-66(87)52-34(2)54(72)61(64(93-13)60(52)91-11)102-67-59(86)62(92-12)57(84)37(5)99-67)36(4)98-68(63)100-46-19-16-17-26-71(89)31-45(80)56(73-69(88)94-14)53(46)42(71)25-28-104-106-70(8,9)32-48(81)75-74-35(3)40-21-23-41(24-22-40)95-27-18-20-49(82)83/h17,21-26,36-38,43-44,46-47,50-51,55,57-59,62-63,65,67-68,76,79,84-86,89H,15,18,20,27-33H2,1-14H3,(H,73,88)(H,75,81)(H,82,83)/b26-17-,42-25+,74-35+/t36?,37?,38?,43?,44?,46-,47?,50?,51?,55?,57?,58?,59?,62?,63?,65?,67?,68?,71-/m0/s1. The number of alkyl carbamates (subject to hydrolysis) is 1. The number of carboxylic acid groups (broad SMARTS) is 1. The highest BCUT2D eigenvalue weighted by Gasteiger charge is 2.53. The highest BCUT2D eigenvalue weighted by molar-refractivity contribution is 14.1. The Kier molecular flexibility index (Phi) is 31.4. The molecule has 2 aliphatic carbocycles. The summed E-state index contributed by atoms with van der Waals surface area (Å²) in [6.07, 6.45) is -15.1. The lowest BCUT2D eigenvalue weighted by molar-refractivity contribution is -0.337. The summed E-state index contributed by atoms with van der Waals surface area (Å²) in [7, 11) is 9.33. The first kappa shape index (κ1) is 85.9. The second kappa shape index (κ2) is 38.8. The average molecular weight is 1660 g/mol. The maximum atomic E-state index is 14.6. The van der Waals surface area contributed by atoms with Crippen LogP contribution in [0.2, 0.25) is 0 Å². The zero-order chi connectivity index (χ0) is 77.6. The monoisotopic (exact) mass is 1660 g/mol. The molecule has 0 spiro atoms. The first-order valence-electron chi connectivity index (χ1n) is 34.3. The summed E-state index contributed by atoms with van der Waals surface area (Å²) in [6.45, 7) is 15.8. The predicted molar refractivity (Wildman–Crippen MR) is 396 cm³/mol. The van der Waals surface area contributed by atoms with Crippen molar-refractivity contribution >= 4 is 96.4 Å². The van der Waals surface area contributed by atoms with E-state index in [0.717, 1.165) is 24.4 Å². The van der Waals surface area contributed by atoms with Crippen molar-refractivity contribution in [3.8, 4) is 34.8 Å². The molecule has 0 radical (unpaired) electrons. The lowest BCUT2D eigenvalue weighted by Gasteiger charge is -2.47. The Labute approximate surface area is 640 Å². The van der Waals surface area contributed by atoms with Crippen molar-refractivity contribution < 1.29 is 126 Å². The summed E-state index contributed by atoms with van der Waals surface area (Å²) in [5.41, 5.74) is 4.99. The van der Waals surface area contributed by atoms with E-state index in [9.17, 15) is 54.3 Å². The maximum Gasteiger partial charge on any atom is 0.411 e. The van der Waals surface area contributed by atoms with Crippen LogP contribution >= 0.6 is 55.9 Å². The number of aliphatic hydroxyl groups excluding tert-OH is 4. The highest BCUT2D eigenvalue weighted by atomic mass is 127. The van der Waals surface area contributed by atoms with Crippen LogP contribution in [0, 0.1) is 22.3 Å². The molecule has 6 aliphatic rings. The number of likely N-dealkylation sites (N-methyl/N-ethyl adjacent to an activating group) is 1. The molecule has 2 bridgehead atoms. The number of hydroxylamine groups is 1. The fourth-order valence-electron chi connectivity index (χ4n) is 13.0. The number of fused-ring (bicyclic) bond motifs is 2. The van der Waals surface area contributed by atoms with Crippen LogP contribution in [0.3, 0.4) is 0 Å². The molecule has 4 saturated heterocycles. The summed E-state index contributed by atoms with van der Waals surface area (Å²) in [5, 5.41) is 73.2. The number of methoxy groups -OCH3 is 5. The number of hydrogen-bond donors (Lipinski definition) is 9. The van der Waals surface area contributed by atoms with Gasteiger partial charge in [-0.1, -0.05) is 51.3 Å². The minimum Gasteiger partial charge on any atom is -0.494 e. The first-order valence-corrected chi connectivity index (χ1v) is 38.6. The molecule has 8 rings (SSSR count). The van der Waals surface area contributed by atoms with Gasteiger partial charge in [0.15, 0.2) is 36.2 Å². The number of hydrazone groups is 1. The molecule has 3 amide bonds. The third kappa shape index (κ3) is 21.0. The number of ketones is 1. The molecule has 35 heteroatoms. The fourth-order valence-corrected chi connectivity index (χ4v) is 17.1. The number of allylic oxidation sites excluding steroid dienone is 2. The first-order chi connectivity index (χ1) is 50.3. The molecule has 0 aromatic heterocycles. The molecule has 4 aliphatic heterocycles. The van der Waals surface area contributed by atoms with Crippen LogP contribution in [0.1, 0.15) is 115 Å². The number of halogens is 1. The number of hydrogen-bond acceptors (Lipinski definition) is 30. The van der Waals surface area contributed by atoms with Gasteiger partial charge in [-0.3, -0.25) is 34.1 Å². The smallest absolute Gasteiger partial charge is 0.411 e. The Morgan fingerprint density at radius 1 is 0.877 bits per heavy atom. The van der Waals surface area contributed by atoms with Gasteiger partial charge in [0.05, 0.1) is 103 Å². The lowest BCUT2D eigenvalue weighted by Crippen LogP contribution is -2.65. The summed E-state index contributed by atoms with van der Waals surface area (Å²) < 4.78 is 78.0. The van der Waals surface area contributed by atoms with E-state index in [0.29, 0.717) is 33.6 Å². The van der Waals surface area contributed by atoms with Crippen LogP contribution in [0.4, 0.5) is 4.79 Å². The molecule has 106 heavy (non-hydrogen) atoms. The van der Waals surface area contributed by atoms with Gasteiger partial charge < -0.3 is 97.1 Å². The van der Waals surface area contributed by atoms with Crippen LogP contribution in [0.15, 0.2) is 64.4 Å². The number of nitrogens with one attached hydrogen (secondary N) is 3. The fraction of sp³-hybridized carbons (Fsp3) is 0.620. The number of carbonyl (C=O) groups is 6. The molecule has 9 N–H and O–H groups in total. The van der Waals surface area contributed by atoms with Crippen molar-refractivity contribution in [2.45, 2.75) is 221 Å². The number of aliphatic hydroxyl groups is 5. The van der Waals surface area contributed by atoms with Crippen molar-refractivity contribution in [3.05, 3.63) is 79.6 Å². The van der Waals surface area contributed by atoms with E-state index in [1.807, 2.05) is 43.4 Å². The van der Waals surface area contributed by atoms with Gasteiger partial charge in [-0.25, -0.2) is 10.2 Å². The number of thioether (sulfide) groups is 1. The molecule has 4 fully saturated rings. The zero-order valence-electron chi connectivity index (χ0n) is 61.4. The third-order valence-electron chi connectivity index (χ3n) is 18.5. The number of rotatable bonds is 31. The van der Waals surface area contributed by atoms with E-state index < -0.39 is 149 Å². The van der Waals surface area contributed by atoms with E-state index in [4.69, 9.17) is 71.5 Å². The van der Waals surface area contributed by atoms with Gasteiger partial charge in [0.2, 0.25) is 29.0 Å². The largest absolute Gasteiger partial charge is 0.494 e. The molecule has 17 unspecified atom stereocenters. The Bertz CT molecular complexity index is 3640. The van der Waals surface area contributed by atoms with Gasteiger partial charge in [0.1, 0.15) is 48.0 Å². The van der Waals surface area contributed by atoms with Crippen molar-refractivity contribution in [2.75, 3.05) is 61.1 Å². The number of nitrogens with zero attached hydrogens (tertiary/aromatic N) is 2. The topological polar surface area (TPSA) is 405 Å². The number of carbonyl (C=O) groups excluding carboxylic acids is 5. The highest BCUT2D eigenvalue weighted by Crippen LogP contribution is 2.50. The third-order valence-corrected chi connectivity index (χ3v) is 24.4. The van der Waals surface area contributed by atoms with E-state index in [1.54, 1.807) is 69.9 Å².